The van der Waals surface area contributed by atoms with Gasteiger partial charge in [-0.05, 0) is 59.4 Å². The lowest BCUT2D eigenvalue weighted by Crippen LogP contribution is -2.41. The van der Waals surface area contributed by atoms with Crippen molar-refractivity contribution in [3.63, 3.8) is 0 Å². The minimum atomic E-state index is -0.534. The van der Waals surface area contributed by atoms with Crippen molar-refractivity contribution >= 4 is 34.5 Å². The molecule has 118 valence electrons. The topological polar surface area (TPSA) is 52.6 Å². The van der Waals surface area contributed by atoms with E-state index < -0.39 is 17.5 Å². The number of esters is 2. The molecule has 1 aliphatic heterocycles. The van der Waals surface area contributed by atoms with Crippen LogP contribution in [-0.2, 0) is 19.1 Å². The summed E-state index contributed by atoms with van der Waals surface area (Å²) in [7, 11) is 1.31. The molecular weight excluding hydrogens is 383 g/mol. The molecule has 1 heterocycles. The van der Waals surface area contributed by atoms with E-state index in [1.807, 2.05) is 43.4 Å². The molecule has 0 spiro atoms. The summed E-state index contributed by atoms with van der Waals surface area (Å²) < 4.78 is 10.8. The molecule has 21 heavy (non-hydrogen) atoms. The Kier molecular flexibility index (Phi) is 6.43. The highest BCUT2D eigenvalue weighted by molar-refractivity contribution is 14.1. The van der Waals surface area contributed by atoms with E-state index in [4.69, 9.17) is 9.47 Å². The second kappa shape index (κ2) is 7.42. The number of ether oxygens (including phenoxy) is 2. The molecule has 0 bridgehead atoms. The van der Waals surface area contributed by atoms with Crippen LogP contribution in [0.25, 0.3) is 0 Å². The van der Waals surface area contributed by atoms with Gasteiger partial charge in [0.2, 0.25) is 0 Å². The van der Waals surface area contributed by atoms with Gasteiger partial charge < -0.3 is 9.47 Å². The van der Waals surface area contributed by atoms with E-state index in [2.05, 4.69) is 6.92 Å². The molecule has 0 amide bonds. The van der Waals surface area contributed by atoms with Gasteiger partial charge in [0.25, 0.3) is 0 Å². The highest BCUT2D eigenvalue weighted by Crippen LogP contribution is 2.43. The summed E-state index contributed by atoms with van der Waals surface area (Å²) in [5.41, 5.74) is 1.91. The van der Waals surface area contributed by atoms with E-state index in [0.29, 0.717) is 15.6 Å². The molecule has 0 radical (unpaired) electrons. The number of hydrogen-bond donors (Lipinski definition) is 0. The van der Waals surface area contributed by atoms with Gasteiger partial charge in [-0.3, -0.25) is 0 Å². The van der Waals surface area contributed by atoms with Gasteiger partial charge in [0.1, 0.15) is 9.18 Å². The number of carbonyl (C=O) groups excluding carboxylic acids is 2. The van der Waals surface area contributed by atoms with Gasteiger partial charge in [-0.15, -0.1) is 0 Å². The van der Waals surface area contributed by atoms with Crippen molar-refractivity contribution in [2.45, 2.75) is 59.0 Å². The molecule has 0 aromatic carbocycles. The number of hydrogen-bond acceptors (Lipinski definition) is 4. The van der Waals surface area contributed by atoms with E-state index in [9.17, 15) is 9.59 Å². The fraction of sp³-hybridized carbons (Fsp3) is 0.625. The molecule has 0 saturated carbocycles. The molecule has 0 aromatic rings. The van der Waals surface area contributed by atoms with Crippen LogP contribution in [-0.4, -0.2) is 24.6 Å². The average Bonchev–Trinajstić information content (AvgIpc) is 2.51. The third-order valence-electron chi connectivity index (χ3n) is 4.14. The summed E-state index contributed by atoms with van der Waals surface area (Å²) in [6, 6.07) is 0. The second-order valence-corrected chi connectivity index (χ2v) is 6.01. The van der Waals surface area contributed by atoms with Gasteiger partial charge in [-0.2, -0.15) is 0 Å². The zero-order valence-electron chi connectivity index (χ0n) is 13.3. The Bertz CT molecular complexity index is 498. The predicted octanol–water partition coefficient (Wildman–Crippen LogP) is 4.08. The Morgan fingerprint density at radius 2 is 1.76 bits per heavy atom. The number of rotatable bonds is 5. The second-order valence-electron chi connectivity index (χ2n) is 4.94. The smallest absolute Gasteiger partial charge is 0.344 e. The highest BCUT2D eigenvalue weighted by Gasteiger charge is 2.43. The minimum Gasteiger partial charge on any atom is -0.465 e. The van der Waals surface area contributed by atoms with Crippen LogP contribution in [0, 0.1) is 0 Å². The van der Waals surface area contributed by atoms with E-state index in [1.54, 1.807) is 0 Å². The molecule has 0 fully saturated rings. The number of carbonyl (C=O) groups is 2. The number of cyclic esters (lactones) is 1. The zero-order valence-corrected chi connectivity index (χ0v) is 15.5. The van der Waals surface area contributed by atoms with Crippen LogP contribution < -0.4 is 0 Å². The summed E-state index contributed by atoms with van der Waals surface area (Å²) in [6.45, 7) is 8.12. The van der Waals surface area contributed by atoms with Crippen LogP contribution in [0.4, 0.5) is 0 Å². The van der Waals surface area contributed by atoms with Crippen molar-refractivity contribution in [2.24, 2.45) is 0 Å². The molecule has 0 aliphatic carbocycles. The maximum atomic E-state index is 12.5. The van der Waals surface area contributed by atoms with Gasteiger partial charge in [-0.1, -0.05) is 27.7 Å². The maximum Gasteiger partial charge on any atom is 0.344 e. The normalized spacial score (nSPS) is 20.2. The van der Waals surface area contributed by atoms with Gasteiger partial charge in [-0.25, -0.2) is 9.59 Å². The molecular formula is C16H23IO4. The van der Waals surface area contributed by atoms with Gasteiger partial charge in [0.05, 0.1) is 12.7 Å². The van der Waals surface area contributed by atoms with Crippen LogP contribution >= 0.6 is 22.6 Å². The molecule has 0 N–H and O–H groups in total. The van der Waals surface area contributed by atoms with Crippen LogP contribution in [0.3, 0.4) is 0 Å². The lowest BCUT2D eigenvalue weighted by molar-refractivity contribution is -0.154. The zero-order chi connectivity index (χ0) is 16.2. The summed E-state index contributed by atoms with van der Waals surface area (Å²) in [6.07, 6.45) is 2.97. The van der Waals surface area contributed by atoms with Crippen LogP contribution in [0.5, 0.6) is 0 Å². The van der Waals surface area contributed by atoms with E-state index in [0.717, 1.165) is 30.4 Å². The largest absolute Gasteiger partial charge is 0.465 e. The van der Waals surface area contributed by atoms with E-state index in [-0.39, 0.29) is 0 Å². The summed E-state index contributed by atoms with van der Waals surface area (Å²) in [4.78, 5) is 24.3. The molecule has 0 saturated heterocycles. The fourth-order valence-electron chi connectivity index (χ4n) is 3.00. The third kappa shape index (κ3) is 3.17. The fourth-order valence-corrected chi connectivity index (χ4v) is 3.77. The van der Waals surface area contributed by atoms with Crippen molar-refractivity contribution in [1.82, 2.24) is 0 Å². The molecule has 0 unspecified atom stereocenters. The first-order valence-corrected chi connectivity index (χ1v) is 8.44. The standard InChI is InChI=1S/C16H23IO4/c1-6-10-11(7-2)16(8-3,9-4)21-14(18)12(10)13(17)15(19)20-5/h6-9H2,1-5H3/b13-12-. The van der Waals surface area contributed by atoms with Gasteiger partial charge >= 0.3 is 11.9 Å². The van der Waals surface area contributed by atoms with Crippen molar-refractivity contribution < 1.29 is 19.1 Å². The Labute approximate surface area is 140 Å². The number of methoxy groups -OCH3 is 1. The van der Waals surface area contributed by atoms with Crippen molar-refractivity contribution in [2.75, 3.05) is 7.11 Å². The molecule has 0 aromatic heterocycles. The summed E-state index contributed by atoms with van der Waals surface area (Å²) in [5, 5.41) is 0. The van der Waals surface area contributed by atoms with Gasteiger partial charge in [0.15, 0.2) is 0 Å². The Morgan fingerprint density at radius 1 is 1.19 bits per heavy atom. The van der Waals surface area contributed by atoms with Crippen molar-refractivity contribution in [3.8, 4) is 0 Å². The molecule has 1 aliphatic rings. The average molecular weight is 406 g/mol. The minimum absolute atomic E-state index is 0.295. The molecule has 0 atom stereocenters. The summed E-state index contributed by atoms with van der Waals surface area (Å²) in [5.74, 6) is -0.910. The van der Waals surface area contributed by atoms with E-state index >= 15 is 0 Å². The Balaban J connectivity index is 3.64. The van der Waals surface area contributed by atoms with Crippen molar-refractivity contribution in [3.05, 3.63) is 20.3 Å². The van der Waals surface area contributed by atoms with Crippen LogP contribution in [0.1, 0.15) is 53.4 Å². The molecule has 1 rings (SSSR count). The monoisotopic (exact) mass is 406 g/mol. The van der Waals surface area contributed by atoms with Gasteiger partial charge in [0, 0.05) is 0 Å². The predicted molar refractivity (Wildman–Crippen MR) is 90.1 cm³/mol. The summed E-state index contributed by atoms with van der Waals surface area (Å²) >= 11 is 1.87. The Hall–Kier alpha value is -0.850. The lowest BCUT2D eigenvalue weighted by Gasteiger charge is -2.40. The first kappa shape index (κ1) is 18.2. The van der Waals surface area contributed by atoms with Crippen molar-refractivity contribution in [1.29, 1.82) is 0 Å². The highest BCUT2D eigenvalue weighted by atomic mass is 127. The first-order valence-electron chi connectivity index (χ1n) is 7.36. The maximum absolute atomic E-state index is 12.5. The Morgan fingerprint density at radius 3 is 2.14 bits per heavy atom. The molecule has 5 heteroatoms. The quantitative estimate of drug-likeness (QED) is 0.392. The van der Waals surface area contributed by atoms with E-state index in [1.165, 1.54) is 7.11 Å². The van der Waals surface area contributed by atoms with Crippen LogP contribution in [0.2, 0.25) is 0 Å². The first-order chi connectivity index (χ1) is 9.92. The third-order valence-corrected chi connectivity index (χ3v) is 5.12. The number of halogens is 1. The molecule has 4 nitrogen and oxygen atoms in total. The lowest BCUT2D eigenvalue weighted by atomic mass is 9.78. The van der Waals surface area contributed by atoms with Crippen LogP contribution in [0.15, 0.2) is 20.3 Å². The SMILES string of the molecule is CCC1=C(CC)C(CC)(CC)OC(=O)/C1=C(\I)C(=O)OC.